The third-order valence-corrected chi connectivity index (χ3v) is 2.28. The van der Waals surface area contributed by atoms with E-state index in [2.05, 4.69) is 10.6 Å². The summed E-state index contributed by atoms with van der Waals surface area (Å²) in [5.41, 5.74) is 0.246. The fraction of sp³-hybridized carbons (Fsp3) is 0.429. The number of rotatable bonds is 3. The Kier molecular flexibility index (Phi) is 4.48. The lowest BCUT2D eigenvalue weighted by molar-refractivity contribution is -0.124. The van der Waals surface area contributed by atoms with Gasteiger partial charge < -0.3 is 10.6 Å². The van der Waals surface area contributed by atoms with E-state index in [0.29, 0.717) is 5.56 Å². The zero-order chi connectivity index (χ0) is 13.8. The normalized spacial score (nSPS) is 12.7. The number of amides is 2. The molecule has 4 heteroatoms. The summed E-state index contributed by atoms with van der Waals surface area (Å²) < 4.78 is 0. The highest BCUT2D eigenvalue weighted by atomic mass is 16.2. The Morgan fingerprint density at radius 2 is 1.67 bits per heavy atom. The lowest BCUT2D eigenvalue weighted by Crippen LogP contribution is -2.50. The summed E-state index contributed by atoms with van der Waals surface area (Å²) in [7, 11) is 0. The summed E-state index contributed by atoms with van der Waals surface area (Å²) in [4.78, 5) is 23.6. The van der Waals surface area contributed by atoms with Crippen LogP contribution in [0.2, 0.25) is 0 Å². The van der Waals surface area contributed by atoms with Gasteiger partial charge in [0.2, 0.25) is 5.91 Å². The van der Waals surface area contributed by atoms with Crippen molar-refractivity contribution in [3.05, 3.63) is 35.9 Å². The van der Waals surface area contributed by atoms with Gasteiger partial charge in [-0.05, 0) is 39.8 Å². The molecule has 0 aliphatic heterocycles. The van der Waals surface area contributed by atoms with Crippen LogP contribution in [0, 0.1) is 0 Å². The summed E-state index contributed by atoms with van der Waals surface area (Å²) in [5, 5.41) is 5.49. The highest BCUT2D eigenvalue weighted by molar-refractivity contribution is 5.97. The van der Waals surface area contributed by atoms with Crippen LogP contribution >= 0.6 is 0 Å². The van der Waals surface area contributed by atoms with Gasteiger partial charge >= 0.3 is 0 Å². The zero-order valence-electron chi connectivity index (χ0n) is 11.3. The van der Waals surface area contributed by atoms with Crippen molar-refractivity contribution >= 4 is 11.8 Å². The molecule has 1 atom stereocenters. The minimum Gasteiger partial charge on any atom is -0.350 e. The van der Waals surface area contributed by atoms with E-state index in [0.717, 1.165) is 0 Å². The van der Waals surface area contributed by atoms with Crippen LogP contribution in [0.3, 0.4) is 0 Å². The van der Waals surface area contributed by atoms with Crippen molar-refractivity contribution in [2.24, 2.45) is 0 Å². The summed E-state index contributed by atoms with van der Waals surface area (Å²) in [6.07, 6.45) is 0. The van der Waals surface area contributed by atoms with E-state index in [1.165, 1.54) is 0 Å². The van der Waals surface area contributed by atoms with Gasteiger partial charge in [0.1, 0.15) is 6.04 Å². The molecule has 2 N–H and O–H groups in total. The number of hydrogen-bond acceptors (Lipinski definition) is 2. The van der Waals surface area contributed by atoms with E-state index in [9.17, 15) is 9.59 Å². The Labute approximate surface area is 108 Å². The average molecular weight is 248 g/mol. The van der Waals surface area contributed by atoms with Crippen molar-refractivity contribution in [1.82, 2.24) is 10.6 Å². The van der Waals surface area contributed by atoms with E-state index >= 15 is 0 Å². The second kappa shape index (κ2) is 5.67. The van der Waals surface area contributed by atoms with Crippen molar-refractivity contribution in [2.45, 2.75) is 39.3 Å². The monoisotopic (exact) mass is 248 g/mol. The highest BCUT2D eigenvalue weighted by Crippen LogP contribution is 2.01. The third-order valence-electron chi connectivity index (χ3n) is 2.28. The van der Waals surface area contributed by atoms with Gasteiger partial charge in [0.25, 0.3) is 5.91 Å². The molecule has 0 aromatic heterocycles. The predicted octanol–water partition coefficient (Wildman–Crippen LogP) is 1.72. The van der Waals surface area contributed by atoms with Gasteiger partial charge in [0.15, 0.2) is 0 Å². The average Bonchev–Trinajstić information content (AvgIpc) is 2.27. The molecule has 0 radical (unpaired) electrons. The molecular formula is C14H20N2O2. The fourth-order valence-corrected chi connectivity index (χ4v) is 1.41. The maximum absolute atomic E-state index is 11.8. The first kappa shape index (κ1) is 14.2. The first-order valence-electron chi connectivity index (χ1n) is 5.97. The molecule has 4 nitrogen and oxygen atoms in total. The second-order valence-corrected chi connectivity index (χ2v) is 5.30. The quantitative estimate of drug-likeness (QED) is 0.855. The van der Waals surface area contributed by atoms with Gasteiger partial charge in [0.05, 0.1) is 0 Å². The molecule has 0 saturated heterocycles. The Hall–Kier alpha value is -1.84. The van der Waals surface area contributed by atoms with E-state index in [1.807, 2.05) is 26.8 Å². The van der Waals surface area contributed by atoms with Gasteiger partial charge in [0, 0.05) is 11.1 Å². The van der Waals surface area contributed by atoms with Crippen LogP contribution in [0.1, 0.15) is 38.1 Å². The lowest BCUT2D eigenvalue weighted by atomic mass is 10.1. The van der Waals surface area contributed by atoms with Crippen LogP contribution in [-0.4, -0.2) is 23.4 Å². The van der Waals surface area contributed by atoms with Crippen molar-refractivity contribution in [3.63, 3.8) is 0 Å². The molecule has 1 aromatic carbocycles. The summed E-state index contributed by atoms with van der Waals surface area (Å²) in [6, 6.07) is 8.28. The lowest BCUT2D eigenvalue weighted by Gasteiger charge is -2.23. The first-order valence-corrected chi connectivity index (χ1v) is 5.97. The number of benzene rings is 1. The number of carbonyl (C=O) groups is 2. The van der Waals surface area contributed by atoms with Crippen molar-refractivity contribution in [1.29, 1.82) is 0 Å². The van der Waals surface area contributed by atoms with Crippen molar-refractivity contribution in [2.75, 3.05) is 0 Å². The SMILES string of the molecule is C[C@@H](NC(=O)c1ccccc1)C(=O)NC(C)(C)C. The molecule has 1 aromatic rings. The maximum Gasteiger partial charge on any atom is 0.251 e. The number of nitrogens with one attached hydrogen (secondary N) is 2. The molecule has 0 saturated carbocycles. The Balaban J connectivity index is 2.58. The van der Waals surface area contributed by atoms with Crippen LogP contribution in [0.5, 0.6) is 0 Å². The molecule has 0 fully saturated rings. The van der Waals surface area contributed by atoms with Crippen LogP contribution in [-0.2, 0) is 4.79 Å². The largest absolute Gasteiger partial charge is 0.350 e. The Bertz CT molecular complexity index is 421. The van der Waals surface area contributed by atoms with Crippen molar-refractivity contribution < 1.29 is 9.59 Å². The minimum atomic E-state index is -0.558. The zero-order valence-corrected chi connectivity index (χ0v) is 11.3. The van der Waals surface area contributed by atoms with Gasteiger partial charge in [-0.15, -0.1) is 0 Å². The van der Waals surface area contributed by atoms with Crippen molar-refractivity contribution in [3.8, 4) is 0 Å². The van der Waals surface area contributed by atoms with Gasteiger partial charge in [-0.1, -0.05) is 18.2 Å². The standard InChI is InChI=1S/C14H20N2O2/c1-10(12(17)16-14(2,3)4)15-13(18)11-8-6-5-7-9-11/h5-10H,1-4H3,(H,15,18)(H,16,17)/t10-/m1/s1. The highest BCUT2D eigenvalue weighted by Gasteiger charge is 2.20. The Morgan fingerprint density at radius 3 is 2.17 bits per heavy atom. The van der Waals surface area contributed by atoms with Gasteiger partial charge in [-0.3, -0.25) is 9.59 Å². The third kappa shape index (κ3) is 4.57. The molecule has 0 aliphatic rings. The maximum atomic E-state index is 11.8. The summed E-state index contributed by atoms with van der Waals surface area (Å²) in [5.74, 6) is -0.432. The molecule has 18 heavy (non-hydrogen) atoms. The molecule has 0 bridgehead atoms. The van der Waals surface area contributed by atoms with E-state index < -0.39 is 6.04 Å². The smallest absolute Gasteiger partial charge is 0.251 e. The topological polar surface area (TPSA) is 58.2 Å². The van der Waals surface area contributed by atoms with Crippen LogP contribution in [0.4, 0.5) is 0 Å². The van der Waals surface area contributed by atoms with Gasteiger partial charge in [-0.2, -0.15) is 0 Å². The fourth-order valence-electron chi connectivity index (χ4n) is 1.41. The number of carbonyl (C=O) groups excluding carboxylic acids is 2. The molecule has 2 amide bonds. The Morgan fingerprint density at radius 1 is 1.11 bits per heavy atom. The molecule has 1 rings (SSSR count). The number of hydrogen-bond donors (Lipinski definition) is 2. The molecule has 98 valence electrons. The van der Waals surface area contributed by atoms with Crippen LogP contribution in [0.25, 0.3) is 0 Å². The van der Waals surface area contributed by atoms with Crippen LogP contribution in [0.15, 0.2) is 30.3 Å². The minimum absolute atomic E-state index is 0.188. The van der Waals surface area contributed by atoms with E-state index in [1.54, 1.807) is 31.2 Å². The van der Waals surface area contributed by atoms with E-state index in [4.69, 9.17) is 0 Å². The summed E-state index contributed by atoms with van der Waals surface area (Å²) >= 11 is 0. The molecular weight excluding hydrogens is 228 g/mol. The molecule has 0 heterocycles. The van der Waals surface area contributed by atoms with E-state index in [-0.39, 0.29) is 17.4 Å². The molecule has 0 aliphatic carbocycles. The summed E-state index contributed by atoms with van der Waals surface area (Å²) in [6.45, 7) is 7.37. The van der Waals surface area contributed by atoms with Gasteiger partial charge in [-0.25, -0.2) is 0 Å². The van der Waals surface area contributed by atoms with Crippen LogP contribution < -0.4 is 10.6 Å². The molecule has 0 spiro atoms. The molecule has 0 unspecified atom stereocenters. The first-order chi connectivity index (χ1) is 8.29. The predicted molar refractivity (Wildman–Crippen MR) is 71.3 cm³/mol. The second-order valence-electron chi connectivity index (χ2n) is 5.30.